The van der Waals surface area contributed by atoms with E-state index in [0.717, 1.165) is 19.3 Å². The van der Waals surface area contributed by atoms with Crippen molar-refractivity contribution in [3.8, 4) is 5.75 Å². The van der Waals surface area contributed by atoms with E-state index < -0.39 is 10.0 Å². The van der Waals surface area contributed by atoms with E-state index in [2.05, 4.69) is 20.8 Å². The lowest BCUT2D eigenvalue weighted by Crippen LogP contribution is -2.32. The van der Waals surface area contributed by atoms with Gasteiger partial charge in [0.15, 0.2) is 0 Å². The van der Waals surface area contributed by atoms with Crippen LogP contribution in [0.3, 0.4) is 0 Å². The Morgan fingerprint density at radius 2 is 1.90 bits per heavy atom. The zero-order valence-electron chi connectivity index (χ0n) is 13.0. The van der Waals surface area contributed by atoms with Gasteiger partial charge in [-0.25, -0.2) is 8.42 Å². The molecule has 2 rings (SSSR count). The second-order valence-corrected chi connectivity index (χ2v) is 8.83. The molecule has 5 heteroatoms. The summed E-state index contributed by atoms with van der Waals surface area (Å²) >= 11 is 0. The molecule has 0 saturated carbocycles. The Labute approximate surface area is 127 Å². The largest absolute Gasteiger partial charge is 0.508 e. The number of aromatic hydroxyl groups is 1. The molecule has 1 N–H and O–H groups in total. The molecule has 0 spiro atoms. The third-order valence-corrected chi connectivity index (χ3v) is 6.26. The summed E-state index contributed by atoms with van der Waals surface area (Å²) in [5, 5.41) is 9.50. The quantitative estimate of drug-likeness (QED) is 0.912. The van der Waals surface area contributed by atoms with Crippen molar-refractivity contribution in [2.45, 2.75) is 44.9 Å². The lowest BCUT2D eigenvalue weighted by Gasteiger charge is -2.29. The van der Waals surface area contributed by atoms with Crippen LogP contribution in [0.4, 0.5) is 0 Å². The average molecular weight is 311 g/mol. The fourth-order valence-electron chi connectivity index (χ4n) is 2.97. The molecule has 0 aromatic heterocycles. The van der Waals surface area contributed by atoms with Crippen LogP contribution in [-0.4, -0.2) is 30.9 Å². The van der Waals surface area contributed by atoms with Gasteiger partial charge < -0.3 is 5.11 Å². The van der Waals surface area contributed by atoms with Crippen LogP contribution in [0, 0.1) is 11.3 Å². The maximum Gasteiger partial charge on any atom is 0.243 e. The number of sulfonamides is 1. The molecule has 21 heavy (non-hydrogen) atoms. The number of hydrogen-bond donors (Lipinski definition) is 1. The molecule has 0 radical (unpaired) electrons. The monoisotopic (exact) mass is 311 g/mol. The van der Waals surface area contributed by atoms with Crippen LogP contribution < -0.4 is 0 Å². The second kappa shape index (κ2) is 5.97. The average Bonchev–Trinajstić information content (AvgIpc) is 2.64. The van der Waals surface area contributed by atoms with Crippen molar-refractivity contribution in [1.82, 2.24) is 4.31 Å². The molecule has 1 saturated heterocycles. The maximum atomic E-state index is 12.7. The van der Waals surface area contributed by atoms with Crippen molar-refractivity contribution in [3.05, 3.63) is 24.3 Å². The van der Waals surface area contributed by atoms with E-state index in [9.17, 15) is 13.5 Å². The standard InChI is InChI=1S/C16H25NO3S/c1-16(2,3)13-6-5-10-17(11-9-13)21(19,20)15-8-4-7-14(18)12-15/h4,7-8,12-13,18H,5-6,9-11H2,1-3H3. The van der Waals surface area contributed by atoms with Crippen LogP contribution >= 0.6 is 0 Å². The first-order valence-electron chi connectivity index (χ1n) is 7.50. The molecule has 4 nitrogen and oxygen atoms in total. The molecule has 1 unspecified atom stereocenters. The lowest BCUT2D eigenvalue weighted by atomic mass is 9.77. The summed E-state index contributed by atoms with van der Waals surface area (Å²) in [6.07, 6.45) is 2.84. The minimum atomic E-state index is -3.50. The Hall–Kier alpha value is -1.07. The van der Waals surface area contributed by atoms with E-state index in [1.165, 1.54) is 12.1 Å². The molecule has 1 aliphatic rings. The molecule has 118 valence electrons. The number of nitrogens with zero attached hydrogens (tertiary/aromatic N) is 1. The summed E-state index contributed by atoms with van der Waals surface area (Å²) in [6.45, 7) is 7.77. The highest BCUT2D eigenvalue weighted by molar-refractivity contribution is 7.89. The Morgan fingerprint density at radius 3 is 2.52 bits per heavy atom. The molecule has 1 aromatic carbocycles. The van der Waals surface area contributed by atoms with Crippen LogP contribution in [0.25, 0.3) is 0 Å². The maximum absolute atomic E-state index is 12.7. The Balaban J connectivity index is 2.18. The van der Waals surface area contributed by atoms with Crippen LogP contribution in [0.1, 0.15) is 40.0 Å². The van der Waals surface area contributed by atoms with E-state index in [0.29, 0.717) is 19.0 Å². The van der Waals surface area contributed by atoms with E-state index in [4.69, 9.17) is 0 Å². The van der Waals surface area contributed by atoms with Gasteiger partial charge in [0, 0.05) is 13.1 Å². The fraction of sp³-hybridized carbons (Fsp3) is 0.625. The van der Waals surface area contributed by atoms with Gasteiger partial charge in [0.05, 0.1) is 4.90 Å². The number of rotatable bonds is 2. The normalized spacial score (nSPS) is 22.0. The topological polar surface area (TPSA) is 57.6 Å². The molecule has 1 aliphatic heterocycles. The molecule has 0 aliphatic carbocycles. The van der Waals surface area contributed by atoms with E-state index in [-0.39, 0.29) is 16.1 Å². The van der Waals surface area contributed by atoms with Crippen molar-refractivity contribution in [2.75, 3.05) is 13.1 Å². The molecule has 1 fully saturated rings. The lowest BCUT2D eigenvalue weighted by molar-refractivity contribution is 0.217. The fourth-order valence-corrected chi connectivity index (χ4v) is 4.50. The Bertz CT molecular complexity index is 590. The smallest absolute Gasteiger partial charge is 0.243 e. The predicted octanol–water partition coefficient (Wildman–Crippen LogP) is 3.23. The van der Waals surface area contributed by atoms with Crippen molar-refractivity contribution in [3.63, 3.8) is 0 Å². The molecular formula is C16H25NO3S. The first-order chi connectivity index (χ1) is 9.71. The molecule has 1 aromatic rings. The molecular weight excluding hydrogens is 286 g/mol. The van der Waals surface area contributed by atoms with Gasteiger partial charge in [0.2, 0.25) is 10.0 Å². The predicted molar refractivity (Wildman–Crippen MR) is 83.7 cm³/mol. The first kappa shape index (κ1) is 16.3. The number of benzene rings is 1. The number of hydrogen-bond acceptors (Lipinski definition) is 3. The van der Waals surface area contributed by atoms with Crippen molar-refractivity contribution >= 4 is 10.0 Å². The third kappa shape index (κ3) is 3.77. The van der Waals surface area contributed by atoms with Crippen molar-refractivity contribution < 1.29 is 13.5 Å². The second-order valence-electron chi connectivity index (χ2n) is 6.90. The molecule has 1 atom stereocenters. The van der Waals surface area contributed by atoms with Crippen LogP contribution in [0.2, 0.25) is 0 Å². The minimum Gasteiger partial charge on any atom is -0.508 e. The van der Waals surface area contributed by atoms with Gasteiger partial charge in [-0.3, -0.25) is 0 Å². The van der Waals surface area contributed by atoms with Crippen molar-refractivity contribution in [1.29, 1.82) is 0 Å². The first-order valence-corrected chi connectivity index (χ1v) is 8.94. The van der Waals surface area contributed by atoms with Crippen molar-refractivity contribution in [2.24, 2.45) is 11.3 Å². The van der Waals surface area contributed by atoms with Gasteiger partial charge in [0.1, 0.15) is 5.75 Å². The molecule has 0 amide bonds. The summed E-state index contributed by atoms with van der Waals surface area (Å²) in [5.41, 5.74) is 0.213. The summed E-state index contributed by atoms with van der Waals surface area (Å²) in [5.74, 6) is 0.528. The zero-order valence-corrected chi connectivity index (χ0v) is 13.9. The molecule has 0 bridgehead atoms. The highest BCUT2D eigenvalue weighted by Gasteiger charge is 2.31. The Kier molecular flexibility index (Phi) is 4.63. The van der Waals surface area contributed by atoms with E-state index in [1.54, 1.807) is 16.4 Å². The number of phenols is 1. The Morgan fingerprint density at radius 1 is 1.19 bits per heavy atom. The molecule has 1 heterocycles. The van der Waals surface area contributed by atoms with Gasteiger partial charge in [-0.2, -0.15) is 4.31 Å². The highest BCUT2D eigenvalue weighted by Crippen LogP contribution is 2.35. The van der Waals surface area contributed by atoms with Gasteiger partial charge in [-0.1, -0.05) is 26.8 Å². The summed E-state index contributed by atoms with van der Waals surface area (Å²) in [4.78, 5) is 0.178. The number of phenolic OH excluding ortho intramolecular Hbond substituents is 1. The van der Waals surface area contributed by atoms with Gasteiger partial charge in [-0.15, -0.1) is 0 Å². The summed E-state index contributed by atoms with van der Waals surface area (Å²) in [6, 6.07) is 5.91. The minimum absolute atomic E-state index is 0.0153. The van der Waals surface area contributed by atoms with Crippen LogP contribution in [0.15, 0.2) is 29.2 Å². The van der Waals surface area contributed by atoms with Crippen LogP contribution in [0.5, 0.6) is 5.75 Å². The van der Waals surface area contributed by atoms with Gasteiger partial charge >= 0.3 is 0 Å². The van der Waals surface area contributed by atoms with Gasteiger partial charge in [-0.05, 0) is 48.8 Å². The van der Waals surface area contributed by atoms with Crippen LogP contribution in [-0.2, 0) is 10.0 Å². The van der Waals surface area contributed by atoms with Gasteiger partial charge in [0.25, 0.3) is 0 Å². The highest BCUT2D eigenvalue weighted by atomic mass is 32.2. The summed E-state index contributed by atoms with van der Waals surface area (Å²) < 4.78 is 26.9. The SMILES string of the molecule is CC(C)(C)C1CCCN(S(=O)(=O)c2cccc(O)c2)CC1. The summed E-state index contributed by atoms with van der Waals surface area (Å²) in [7, 11) is -3.50. The van der Waals surface area contributed by atoms with E-state index >= 15 is 0 Å². The zero-order chi connectivity index (χ0) is 15.7. The van der Waals surface area contributed by atoms with E-state index in [1.807, 2.05) is 0 Å². The third-order valence-electron chi connectivity index (χ3n) is 4.37.